The van der Waals surface area contributed by atoms with E-state index in [2.05, 4.69) is 6.07 Å². The molecule has 22 heavy (non-hydrogen) atoms. The summed E-state index contributed by atoms with van der Waals surface area (Å²) in [6.07, 6.45) is 1.29. The van der Waals surface area contributed by atoms with Crippen molar-refractivity contribution in [1.29, 1.82) is 5.26 Å². The summed E-state index contributed by atoms with van der Waals surface area (Å²) in [5, 5.41) is 8.60. The number of esters is 1. The van der Waals surface area contributed by atoms with Gasteiger partial charge in [0, 0.05) is 6.42 Å². The normalized spacial score (nSPS) is 9.82. The Bertz CT molecular complexity index is 654. The first kappa shape index (κ1) is 15.6. The number of rotatable bonds is 6. The number of ether oxygens (including phenoxy) is 2. The molecular weight excluding hydrogens is 278 g/mol. The lowest BCUT2D eigenvalue weighted by Gasteiger charge is -2.06. The van der Waals surface area contributed by atoms with Crippen LogP contribution in [-0.2, 0) is 17.6 Å². The highest BCUT2D eigenvalue weighted by molar-refractivity contribution is 5.72. The summed E-state index contributed by atoms with van der Waals surface area (Å²) in [7, 11) is 1.62. The quantitative estimate of drug-likeness (QED) is 0.606. The Morgan fingerprint density at radius 1 is 1.00 bits per heavy atom. The van der Waals surface area contributed by atoms with Crippen molar-refractivity contribution in [2.45, 2.75) is 19.3 Å². The smallest absolute Gasteiger partial charge is 0.311 e. The lowest BCUT2D eigenvalue weighted by atomic mass is 10.1. The predicted molar refractivity (Wildman–Crippen MR) is 82.7 cm³/mol. The Kier molecular flexibility index (Phi) is 5.56. The van der Waals surface area contributed by atoms with Crippen molar-refractivity contribution in [1.82, 2.24) is 0 Å². The molecule has 0 spiro atoms. The van der Waals surface area contributed by atoms with Gasteiger partial charge in [0.15, 0.2) is 0 Å². The number of nitrogens with zero attached hydrogens (tertiary/aromatic N) is 1. The zero-order valence-corrected chi connectivity index (χ0v) is 12.4. The molecule has 0 bridgehead atoms. The molecule has 0 saturated carbocycles. The van der Waals surface area contributed by atoms with Gasteiger partial charge in [0.2, 0.25) is 0 Å². The van der Waals surface area contributed by atoms with E-state index in [-0.39, 0.29) is 5.97 Å². The van der Waals surface area contributed by atoms with Gasteiger partial charge in [0.05, 0.1) is 19.6 Å². The number of hydrogen-bond acceptors (Lipinski definition) is 4. The lowest BCUT2D eigenvalue weighted by molar-refractivity contribution is -0.134. The van der Waals surface area contributed by atoms with E-state index in [0.717, 1.165) is 16.9 Å². The highest BCUT2D eigenvalue weighted by atomic mass is 16.5. The fourth-order valence-electron chi connectivity index (χ4n) is 1.99. The highest BCUT2D eigenvalue weighted by Crippen LogP contribution is 2.15. The van der Waals surface area contributed by atoms with Crippen molar-refractivity contribution in [2.75, 3.05) is 7.11 Å². The minimum absolute atomic E-state index is 0.274. The molecule has 0 unspecified atom stereocenters. The summed E-state index contributed by atoms with van der Waals surface area (Å²) in [4.78, 5) is 11.8. The van der Waals surface area contributed by atoms with E-state index >= 15 is 0 Å². The number of carbonyl (C=O) groups excluding carboxylic acids is 1. The third kappa shape index (κ3) is 4.64. The van der Waals surface area contributed by atoms with Crippen molar-refractivity contribution in [3.63, 3.8) is 0 Å². The Morgan fingerprint density at radius 3 is 2.18 bits per heavy atom. The first-order valence-corrected chi connectivity index (χ1v) is 7.01. The molecule has 0 aliphatic heterocycles. The van der Waals surface area contributed by atoms with Crippen LogP contribution >= 0.6 is 0 Å². The maximum atomic E-state index is 11.8. The van der Waals surface area contributed by atoms with Crippen LogP contribution < -0.4 is 9.47 Å². The average Bonchev–Trinajstić information content (AvgIpc) is 2.55. The van der Waals surface area contributed by atoms with Gasteiger partial charge in [-0.2, -0.15) is 5.26 Å². The Hall–Kier alpha value is -2.80. The molecule has 0 radical (unpaired) electrons. The van der Waals surface area contributed by atoms with E-state index in [1.165, 1.54) is 0 Å². The van der Waals surface area contributed by atoms with Gasteiger partial charge in [-0.3, -0.25) is 4.79 Å². The van der Waals surface area contributed by atoms with Gasteiger partial charge in [0.25, 0.3) is 0 Å². The van der Waals surface area contributed by atoms with Gasteiger partial charge in [0.1, 0.15) is 11.5 Å². The zero-order chi connectivity index (χ0) is 15.8. The van der Waals surface area contributed by atoms with Crippen LogP contribution in [0, 0.1) is 11.3 Å². The molecule has 4 nitrogen and oxygen atoms in total. The average molecular weight is 295 g/mol. The maximum absolute atomic E-state index is 11.8. The topological polar surface area (TPSA) is 59.3 Å². The number of methoxy groups -OCH3 is 1. The second-order valence-electron chi connectivity index (χ2n) is 4.80. The maximum Gasteiger partial charge on any atom is 0.311 e. The van der Waals surface area contributed by atoms with Crippen LogP contribution in [0.2, 0.25) is 0 Å². The Morgan fingerprint density at radius 2 is 1.59 bits per heavy atom. The monoisotopic (exact) mass is 295 g/mol. The summed E-state index contributed by atoms with van der Waals surface area (Å²) in [6, 6.07) is 16.7. The predicted octanol–water partition coefficient (Wildman–Crippen LogP) is 3.30. The standard InChI is InChI=1S/C18H17NO3/c1-21-16-7-2-14(3-8-16)6-11-18(20)22-17-9-4-15(5-10-17)12-13-19/h2-5,7-10H,6,11-12H2,1H3. The lowest BCUT2D eigenvalue weighted by Crippen LogP contribution is -2.09. The molecule has 0 heterocycles. The molecule has 0 aromatic heterocycles. The molecule has 2 aromatic carbocycles. The zero-order valence-electron chi connectivity index (χ0n) is 12.4. The summed E-state index contributed by atoms with van der Waals surface area (Å²) < 4.78 is 10.4. The molecule has 112 valence electrons. The van der Waals surface area contributed by atoms with Gasteiger partial charge in [-0.1, -0.05) is 24.3 Å². The van der Waals surface area contributed by atoms with Crippen molar-refractivity contribution >= 4 is 5.97 Å². The second kappa shape index (κ2) is 7.84. The van der Waals surface area contributed by atoms with Crippen LogP contribution in [0.3, 0.4) is 0 Å². The third-order valence-electron chi connectivity index (χ3n) is 3.22. The Balaban J connectivity index is 1.83. The summed E-state index contributed by atoms with van der Waals surface area (Å²) in [5.74, 6) is 1.02. The number of benzene rings is 2. The summed E-state index contributed by atoms with van der Waals surface area (Å²) in [6.45, 7) is 0. The van der Waals surface area contributed by atoms with Crippen LogP contribution in [0.15, 0.2) is 48.5 Å². The molecule has 0 fully saturated rings. The van der Waals surface area contributed by atoms with Crippen molar-refractivity contribution in [3.8, 4) is 17.6 Å². The number of aryl methyl sites for hydroxylation is 1. The largest absolute Gasteiger partial charge is 0.497 e. The molecule has 0 amide bonds. The van der Waals surface area contributed by atoms with Crippen molar-refractivity contribution in [2.24, 2.45) is 0 Å². The fraction of sp³-hybridized carbons (Fsp3) is 0.222. The van der Waals surface area contributed by atoms with E-state index in [0.29, 0.717) is 25.0 Å². The molecule has 0 aliphatic rings. The van der Waals surface area contributed by atoms with E-state index in [1.54, 1.807) is 31.4 Å². The molecule has 4 heteroatoms. The van der Waals surface area contributed by atoms with E-state index in [1.807, 2.05) is 24.3 Å². The summed E-state index contributed by atoms with van der Waals surface area (Å²) >= 11 is 0. The molecule has 0 atom stereocenters. The van der Waals surface area contributed by atoms with Crippen molar-refractivity contribution in [3.05, 3.63) is 59.7 Å². The van der Waals surface area contributed by atoms with Crippen LogP contribution in [0.5, 0.6) is 11.5 Å². The molecule has 0 aliphatic carbocycles. The SMILES string of the molecule is COc1ccc(CCC(=O)Oc2ccc(CC#N)cc2)cc1. The van der Waals surface area contributed by atoms with Crippen LogP contribution in [0.1, 0.15) is 17.5 Å². The first-order chi connectivity index (χ1) is 10.7. The Labute approximate surface area is 129 Å². The van der Waals surface area contributed by atoms with Gasteiger partial charge in [-0.15, -0.1) is 0 Å². The molecule has 0 saturated heterocycles. The highest BCUT2D eigenvalue weighted by Gasteiger charge is 2.06. The van der Waals surface area contributed by atoms with Crippen LogP contribution in [-0.4, -0.2) is 13.1 Å². The number of nitriles is 1. The molecule has 2 rings (SSSR count). The fourth-order valence-corrected chi connectivity index (χ4v) is 1.99. The van der Waals surface area contributed by atoms with Crippen LogP contribution in [0.4, 0.5) is 0 Å². The molecule has 2 aromatic rings. The van der Waals surface area contributed by atoms with E-state index < -0.39 is 0 Å². The second-order valence-corrected chi connectivity index (χ2v) is 4.80. The minimum Gasteiger partial charge on any atom is -0.497 e. The summed E-state index contributed by atoms with van der Waals surface area (Å²) in [5.41, 5.74) is 1.96. The number of hydrogen-bond donors (Lipinski definition) is 0. The van der Waals surface area contributed by atoms with Crippen LogP contribution in [0.25, 0.3) is 0 Å². The molecule has 0 N–H and O–H groups in total. The minimum atomic E-state index is -0.274. The van der Waals surface area contributed by atoms with Gasteiger partial charge in [-0.05, 0) is 41.8 Å². The van der Waals surface area contributed by atoms with Gasteiger partial charge in [-0.25, -0.2) is 0 Å². The first-order valence-electron chi connectivity index (χ1n) is 7.01. The van der Waals surface area contributed by atoms with E-state index in [9.17, 15) is 4.79 Å². The number of carbonyl (C=O) groups is 1. The van der Waals surface area contributed by atoms with Gasteiger partial charge >= 0.3 is 5.97 Å². The molecular formula is C18H17NO3. The van der Waals surface area contributed by atoms with E-state index in [4.69, 9.17) is 14.7 Å². The van der Waals surface area contributed by atoms with Gasteiger partial charge < -0.3 is 9.47 Å². The third-order valence-corrected chi connectivity index (χ3v) is 3.22. The van der Waals surface area contributed by atoms with Crippen molar-refractivity contribution < 1.29 is 14.3 Å².